The van der Waals surface area contributed by atoms with E-state index in [1.807, 2.05) is 0 Å². The number of ether oxygens (including phenoxy) is 1. The van der Waals surface area contributed by atoms with E-state index in [2.05, 4.69) is 4.74 Å². The molecule has 1 aromatic rings. The Balaban J connectivity index is 3.63. The van der Waals surface area contributed by atoms with Crippen molar-refractivity contribution in [1.82, 2.24) is 0 Å². The molecule has 0 amide bonds. The van der Waals surface area contributed by atoms with Crippen LogP contribution >= 0.6 is 11.6 Å². The van der Waals surface area contributed by atoms with Crippen LogP contribution in [0.15, 0.2) is 12.1 Å². The molecule has 1 rings (SSSR count). The first-order valence-electron chi connectivity index (χ1n) is 4.09. The molecule has 0 fully saturated rings. The summed E-state index contributed by atoms with van der Waals surface area (Å²) in [6, 6.07) is 0.895. The smallest absolute Gasteiger partial charge is 0.420 e. The molecule has 0 bridgehead atoms. The van der Waals surface area contributed by atoms with Crippen LogP contribution in [0.5, 0.6) is 5.75 Å². The number of halogens is 7. The van der Waals surface area contributed by atoms with E-state index >= 15 is 0 Å². The molecule has 0 saturated heterocycles. The number of alkyl halides is 6. The zero-order chi connectivity index (χ0) is 13.4. The normalized spacial score (nSPS) is 12.7. The van der Waals surface area contributed by atoms with E-state index in [-0.39, 0.29) is 6.07 Å². The number of methoxy groups -OCH3 is 1. The second-order valence-electron chi connectivity index (χ2n) is 3.03. The van der Waals surface area contributed by atoms with E-state index in [9.17, 15) is 26.3 Å². The zero-order valence-corrected chi connectivity index (χ0v) is 8.96. The monoisotopic (exact) mass is 278 g/mol. The lowest BCUT2D eigenvalue weighted by atomic mass is 10.1. The van der Waals surface area contributed by atoms with Gasteiger partial charge in [0.2, 0.25) is 0 Å². The van der Waals surface area contributed by atoms with Crippen LogP contribution in [0.25, 0.3) is 0 Å². The Bertz CT molecular complexity index is 423. The van der Waals surface area contributed by atoms with Crippen LogP contribution in [0.1, 0.15) is 11.1 Å². The molecule has 96 valence electrons. The fourth-order valence-electron chi connectivity index (χ4n) is 1.26. The third kappa shape index (κ3) is 2.96. The Morgan fingerprint density at radius 2 is 1.53 bits per heavy atom. The molecule has 0 aliphatic heterocycles. The standard InChI is InChI=1S/C9H5ClF6O/c1-17-6-3-4(10)2-5(8(11,12)13)7(6)9(14,15)16/h2-3H,1H3. The summed E-state index contributed by atoms with van der Waals surface area (Å²) in [5.41, 5.74) is -3.74. The first-order valence-corrected chi connectivity index (χ1v) is 4.47. The first kappa shape index (κ1) is 14.0. The van der Waals surface area contributed by atoms with Crippen LogP contribution in [-0.2, 0) is 12.4 Å². The van der Waals surface area contributed by atoms with Gasteiger partial charge in [-0.1, -0.05) is 11.6 Å². The van der Waals surface area contributed by atoms with E-state index in [1.165, 1.54) is 0 Å². The lowest BCUT2D eigenvalue weighted by Gasteiger charge is -2.18. The van der Waals surface area contributed by atoms with Gasteiger partial charge in [-0.15, -0.1) is 0 Å². The maximum atomic E-state index is 12.5. The fraction of sp³-hybridized carbons (Fsp3) is 0.333. The second-order valence-corrected chi connectivity index (χ2v) is 3.46. The lowest BCUT2D eigenvalue weighted by molar-refractivity contribution is -0.162. The number of hydrogen-bond acceptors (Lipinski definition) is 1. The summed E-state index contributed by atoms with van der Waals surface area (Å²) < 4.78 is 79.3. The third-order valence-corrected chi connectivity index (χ3v) is 2.09. The summed E-state index contributed by atoms with van der Waals surface area (Å²) in [6.07, 6.45) is -10.3. The highest BCUT2D eigenvalue weighted by molar-refractivity contribution is 6.30. The quantitative estimate of drug-likeness (QED) is 0.693. The maximum Gasteiger partial charge on any atom is 0.420 e. The average molecular weight is 279 g/mol. The molecule has 0 radical (unpaired) electrons. The fourth-order valence-corrected chi connectivity index (χ4v) is 1.47. The van der Waals surface area contributed by atoms with Gasteiger partial charge < -0.3 is 4.74 Å². The molecule has 0 aliphatic carbocycles. The SMILES string of the molecule is COc1cc(Cl)cc(C(F)(F)F)c1C(F)(F)F. The Morgan fingerprint density at radius 3 is 1.88 bits per heavy atom. The van der Waals surface area contributed by atoms with Crippen molar-refractivity contribution in [3.63, 3.8) is 0 Å². The number of benzene rings is 1. The van der Waals surface area contributed by atoms with Crippen molar-refractivity contribution >= 4 is 11.6 Å². The minimum atomic E-state index is -5.18. The predicted molar refractivity (Wildman–Crippen MR) is 48.0 cm³/mol. The highest BCUT2D eigenvalue weighted by Crippen LogP contribution is 2.46. The summed E-state index contributed by atoms with van der Waals surface area (Å²) in [5, 5.41) is -0.484. The molecule has 17 heavy (non-hydrogen) atoms. The van der Waals surface area contributed by atoms with Gasteiger partial charge in [0.05, 0.1) is 12.7 Å². The van der Waals surface area contributed by atoms with Gasteiger partial charge in [-0.3, -0.25) is 0 Å². The van der Waals surface area contributed by atoms with Gasteiger partial charge in [0.25, 0.3) is 0 Å². The number of hydrogen-bond donors (Lipinski definition) is 0. The summed E-state index contributed by atoms with van der Waals surface area (Å²) in [6.45, 7) is 0. The summed E-state index contributed by atoms with van der Waals surface area (Å²) in [4.78, 5) is 0. The molecule has 0 atom stereocenters. The van der Waals surface area contributed by atoms with Gasteiger partial charge in [0, 0.05) is 5.02 Å². The maximum absolute atomic E-state index is 12.5. The Labute approximate surface area is 96.9 Å². The van der Waals surface area contributed by atoms with E-state index < -0.39 is 34.3 Å². The second kappa shape index (κ2) is 4.29. The van der Waals surface area contributed by atoms with Crippen molar-refractivity contribution < 1.29 is 31.1 Å². The van der Waals surface area contributed by atoms with Gasteiger partial charge in [0.1, 0.15) is 11.3 Å². The first-order chi connectivity index (χ1) is 7.57. The zero-order valence-electron chi connectivity index (χ0n) is 8.21. The van der Waals surface area contributed by atoms with Gasteiger partial charge in [-0.25, -0.2) is 0 Å². The summed E-state index contributed by atoms with van der Waals surface area (Å²) in [7, 11) is 0.834. The van der Waals surface area contributed by atoms with Crippen molar-refractivity contribution in [3.05, 3.63) is 28.3 Å². The molecule has 0 heterocycles. The van der Waals surface area contributed by atoms with Crippen LogP contribution in [0, 0.1) is 0 Å². The molecule has 0 spiro atoms. The van der Waals surface area contributed by atoms with Gasteiger partial charge >= 0.3 is 12.4 Å². The minimum absolute atomic E-state index is 0.215. The van der Waals surface area contributed by atoms with Crippen LogP contribution < -0.4 is 4.74 Å². The summed E-state index contributed by atoms with van der Waals surface area (Å²) >= 11 is 5.31. The predicted octanol–water partition coefficient (Wildman–Crippen LogP) is 4.39. The van der Waals surface area contributed by atoms with Crippen molar-refractivity contribution in [3.8, 4) is 5.75 Å². The highest BCUT2D eigenvalue weighted by atomic mass is 35.5. The molecular formula is C9H5ClF6O. The Morgan fingerprint density at radius 1 is 1.00 bits per heavy atom. The molecule has 0 saturated carbocycles. The van der Waals surface area contributed by atoms with Crippen molar-refractivity contribution in [2.45, 2.75) is 12.4 Å². The van der Waals surface area contributed by atoms with Crippen LogP contribution in [-0.4, -0.2) is 7.11 Å². The highest BCUT2D eigenvalue weighted by Gasteiger charge is 2.45. The minimum Gasteiger partial charge on any atom is -0.496 e. The third-order valence-electron chi connectivity index (χ3n) is 1.88. The van der Waals surface area contributed by atoms with Crippen molar-refractivity contribution in [2.75, 3.05) is 7.11 Å². The average Bonchev–Trinajstić information content (AvgIpc) is 2.12. The lowest BCUT2D eigenvalue weighted by Crippen LogP contribution is -2.17. The number of rotatable bonds is 1. The van der Waals surface area contributed by atoms with E-state index in [0.717, 1.165) is 7.11 Å². The molecule has 0 aliphatic rings. The van der Waals surface area contributed by atoms with Gasteiger partial charge in [0.15, 0.2) is 0 Å². The van der Waals surface area contributed by atoms with Crippen LogP contribution in [0.4, 0.5) is 26.3 Å². The summed E-state index contributed by atoms with van der Waals surface area (Å²) in [5.74, 6) is -0.961. The van der Waals surface area contributed by atoms with Crippen molar-refractivity contribution in [2.24, 2.45) is 0 Å². The van der Waals surface area contributed by atoms with Crippen LogP contribution in [0.2, 0.25) is 5.02 Å². The Hall–Kier alpha value is -1.11. The van der Waals surface area contributed by atoms with Gasteiger partial charge in [-0.05, 0) is 12.1 Å². The molecular weight excluding hydrogens is 274 g/mol. The molecule has 1 aromatic carbocycles. The molecule has 8 heteroatoms. The van der Waals surface area contributed by atoms with E-state index in [0.29, 0.717) is 6.07 Å². The molecule has 0 unspecified atom stereocenters. The molecule has 0 N–H and O–H groups in total. The van der Waals surface area contributed by atoms with Gasteiger partial charge in [-0.2, -0.15) is 26.3 Å². The largest absolute Gasteiger partial charge is 0.496 e. The molecule has 0 aromatic heterocycles. The topological polar surface area (TPSA) is 9.23 Å². The van der Waals surface area contributed by atoms with Crippen LogP contribution in [0.3, 0.4) is 0 Å². The molecule has 1 nitrogen and oxygen atoms in total. The van der Waals surface area contributed by atoms with Crippen molar-refractivity contribution in [1.29, 1.82) is 0 Å². The van der Waals surface area contributed by atoms with E-state index in [1.54, 1.807) is 0 Å². The van der Waals surface area contributed by atoms with E-state index in [4.69, 9.17) is 11.6 Å². The Kier molecular flexibility index (Phi) is 3.52.